The lowest BCUT2D eigenvalue weighted by molar-refractivity contribution is -0.143. The first kappa shape index (κ1) is 29.9. The topological polar surface area (TPSA) is 74.3 Å². The van der Waals surface area contributed by atoms with Crippen LogP contribution in [0.3, 0.4) is 0 Å². The molecule has 0 spiro atoms. The number of pyridine rings is 1. The lowest BCUT2D eigenvalue weighted by Gasteiger charge is -2.52. The van der Waals surface area contributed by atoms with Crippen molar-refractivity contribution >= 4 is 22.3 Å². The minimum atomic E-state index is -5.01. The summed E-state index contributed by atoms with van der Waals surface area (Å²) in [4.78, 5) is 32.3. The Hall–Kier alpha value is -4.19. The summed E-state index contributed by atoms with van der Waals surface area (Å²) in [6.07, 6.45) is -4.58. The van der Waals surface area contributed by atoms with Crippen molar-refractivity contribution in [2.75, 3.05) is 23.7 Å². The number of para-hydroxylation sites is 1. The number of alkyl halides is 6. The van der Waals surface area contributed by atoms with Crippen molar-refractivity contribution in [2.24, 2.45) is 11.8 Å². The van der Waals surface area contributed by atoms with Crippen molar-refractivity contribution in [3.05, 3.63) is 110 Å². The first-order valence-corrected chi connectivity index (χ1v) is 14.2. The van der Waals surface area contributed by atoms with Crippen LogP contribution in [0.1, 0.15) is 41.1 Å². The fraction of sp³-hybridized carbons (Fsp3) is 0.344. The third-order valence-corrected chi connectivity index (χ3v) is 8.88. The van der Waals surface area contributed by atoms with Crippen LogP contribution in [0.4, 0.5) is 37.7 Å². The van der Waals surface area contributed by atoms with Gasteiger partial charge in [0.15, 0.2) is 0 Å². The second-order valence-electron chi connectivity index (χ2n) is 11.5. The first-order chi connectivity index (χ1) is 20.8. The number of halogens is 6. The number of benzene rings is 2. The highest BCUT2D eigenvalue weighted by atomic mass is 19.4. The molecule has 3 aromatic carbocycles. The quantitative estimate of drug-likeness (QED) is 0.134. The van der Waals surface area contributed by atoms with Gasteiger partial charge < -0.3 is 10.6 Å². The molecule has 44 heavy (non-hydrogen) atoms. The van der Waals surface area contributed by atoms with Crippen LogP contribution in [0.25, 0.3) is 10.9 Å². The van der Waals surface area contributed by atoms with Gasteiger partial charge in [-0.25, -0.2) is 0 Å². The average Bonchev–Trinajstić information content (AvgIpc) is 3.01. The Morgan fingerprint density at radius 3 is 2.30 bits per heavy atom. The summed E-state index contributed by atoms with van der Waals surface area (Å²) in [6, 6.07) is 10.1. The minimum Gasteiger partial charge on any atom is -0.376 e. The van der Waals surface area contributed by atoms with Gasteiger partial charge in [-0.05, 0) is 72.7 Å². The van der Waals surface area contributed by atoms with Crippen LogP contribution in [0.2, 0.25) is 0 Å². The van der Waals surface area contributed by atoms with Gasteiger partial charge in [0, 0.05) is 30.7 Å². The van der Waals surface area contributed by atoms with Crippen molar-refractivity contribution < 1.29 is 26.3 Å². The summed E-state index contributed by atoms with van der Waals surface area (Å²) in [5.41, 5.74) is -3.60. The summed E-state index contributed by atoms with van der Waals surface area (Å²) in [7, 11) is 0. The molecule has 0 saturated carbocycles. The van der Waals surface area contributed by atoms with Crippen LogP contribution in [0, 0.1) is 11.8 Å². The van der Waals surface area contributed by atoms with E-state index in [1.807, 2.05) is 36.4 Å². The highest BCUT2D eigenvalue weighted by molar-refractivity contribution is 5.83. The minimum absolute atomic E-state index is 0.0432. The van der Waals surface area contributed by atoms with E-state index < -0.39 is 46.9 Å². The van der Waals surface area contributed by atoms with Crippen LogP contribution >= 0.6 is 0 Å². The lowest BCUT2D eigenvalue weighted by atomic mass is 9.73. The maximum atomic E-state index is 13.4. The molecule has 5 atom stereocenters. The Morgan fingerprint density at radius 2 is 1.66 bits per heavy atom. The molecule has 4 heterocycles. The van der Waals surface area contributed by atoms with E-state index in [0.29, 0.717) is 24.0 Å². The number of anilines is 2. The number of rotatable bonds is 8. The third kappa shape index (κ3) is 5.47. The molecule has 3 aliphatic heterocycles. The molecule has 3 saturated heterocycles. The molecule has 12 heteroatoms. The van der Waals surface area contributed by atoms with E-state index in [-0.39, 0.29) is 29.0 Å². The molecule has 7 rings (SSSR count). The second-order valence-corrected chi connectivity index (χ2v) is 11.5. The highest BCUT2D eigenvalue weighted by Crippen LogP contribution is 2.43. The fourth-order valence-electron chi connectivity index (χ4n) is 6.66. The number of hydrogen-bond donors (Lipinski definition) is 2. The maximum absolute atomic E-state index is 13.4. The van der Waals surface area contributed by atoms with Gasteiger partial charge in [-0.2, -0.15) is 26.3 Å². The average molecular weight is 615 g/mol. The van der Waals surface area contributed by atoms with E-state index in [2.05, 4.69) is 27.1 Å². The molecule has 2 N–H and O–H groups in total. The van der Waals surface area contributed by atoms with Crippen molar-refractivity contribution in [2.45, 2.75) is 43.8 Å². The molecular weight excluding hydrogens is 586 g/mol. The molecule has 0 amide bonds. The van der Waals surface area contributed by atoms with E-state index in [1.54, 1.807) is 6.20 Å². The smallest absolute Gasteiger partial charge is 0.376 e. The predicted octanol–water partition coefficient (Wildman–Crippen LogP) is 6.53. The molecular formula is C32H28F6N4O2. The van der Waals surface area contributed by atoms with Crippen LogP contribution in [-0.4, -0.2) is 29.0 Å². The van der Waals surface area contributed by atoms with Gasteiger partial charge in [-0.1, -0.05) is 24.3 Å². The monoisotopic (exact) mass is 614 g/mol. The Bertz CT molecular complexity index is 1760. The van der Waals surface area contributed by atoms with E-state index in [0.717, 1.165) is 42.4 Å². The first-order valence-electron chi connectivity index (χ1n) is 14.2. The third-order valence-electron chi connectivity index (χ3n) is 8.88. The standard InChI is InChI=1S/C32H28F6N4O2/c1-2-18-16-42-10-8-19(18)13-25(42)26(23-7-9-39-24-6-4-3-5-22(23)24)41-28-27(29(43)30(28)44)40-15-17-11-20(31(33,34)35)14-21(12-17)32(36,37)38/h2-7,9,11-12,14,18-19,25-26,40-41H,1,8,10,13,15-16H2/t18?,19?,25?,26-/m0/s1. The zero-order valence-electron chi connectivity index (χ0n) is 23.3. The summed E-state index contributed by atoms with van der Waals surface area (Å²) < 4.78 is 80.2. The molecule has 230 valence electrons. The van der Waals surface area contributed by atoms with Crippen molar-refractivity contribution in [3.63, 3.8) is 0 Å². The van der Waals surface area contributed by atoms with Crippen LogP contribution in [-0.2, 0) is 18.9 Å². The number of nitrogens with one attached hydrogen (secondary N) is 2. The van der Waals surface area contributed by atoms with E-state index in [1.165, 1.54) is 0 Å². The van der Waals surface area contributed by atoms with Crippen molar-refractivity contribution in [3.8, 4) is 0 Å². The lowest BCUT2D eigenvalue weighted by Crippen LogP contribution is -2.56. The summed E-state index contributed by atoms with van der Waals surface area (Å²) in [6.45, 7) is 5.08. The number of nitrogens with zero attached hydrogens (tertiary/aromatic N) is 2. The summed E-state index contributed by atoms with van der Waals surface area (Å²) in [5, 5.41) is 6.78. The molecule has 4 aromatic rings. The number of fused-ring (bicyclic) bond motifs is 4. The Kier molecular flexibility index (Phi) is 7.51. The van der Waals surface area contributed by atoms with Crippen molar-refractivity contribution in [1.82, 2.24) is 9.88 Å². The molecule has 1 aromatic heterocycles. The summed E-state index contributed by atoms with van der Waals surface area (Å²) in [5.74, 6) is 0.709. The van der Waals surface area contributed by atoms with E-state index in [4.69, 9.17) is 0 Å². The van der Waals surface area contributed by atoms with Gasteiger partial charge >= 0.3 is 12.4 Å². The Morgan fingerprint density at radius 1 is 0.977 bits per heavy atom. The van der Waals surface area contributed by atoms with E-state index >= 15 is 0 Å². The fourth-order valence-corrected chi connectivity index (χ4v) is 6.66. The number of piperidine rings is 3. The van der Waals surface area contributed by atoms with Crippen molar-refractivity contribution in [1.29, 1.82) is 0 Å². The maximum Gasteiger partial charge on any atom is 0.416 e. The van der Waals surface area contributed by atoms with Gasteiger partial charge in [-0.3, -0.25) is 19.5 Å². The second kappa shape index (κ2) is 11.1. The van der Waals surface area contributed by atoms with Gasteiger partial charge in [0.1, 0.15) is 11.4 Å². The van der Waals surface area contributed by atoms with Crippen LogP contribution < -0.4 is 21.5 Å². The van der Waals surface area contributed by atoms with Gasteiger partial charge in [-0.15, -0.1) is 6.58 Å². The number of aromatic nitrogens is 1. The zero-order valence-corrected chi connectivity index (χ0v) is 23.3. The van der Waals surface area contributed by atoms with Crippen LogP contribution in [0.5, 0.6) is 0 Å². The van der Waals surface area contributed by atoms with E-state index in [9.17, 15) is 35.9 Å². The highest BCUT2D eigenvalue weighted by Gasteiger charge is 2.44. The Balaban J connectivity index is 1.34. The molecule has 2 bridgehead atoms. The zero-order chi connectivity index (χ0) is 31.4. The largest absolute Gasteiger partial charge is 0.416 e. The molecule has 6 nitrogen and oxygen atoms in total. The SMILES string of the molecule is C=CC1CN2CCC1CC2[C@@H](Nc1c(NCc2cc(C(F)(F)F)cc(C(F)(F)F)c2)c(=O)c1=O)c1ccnc2ccccc12. The van der Waals surface area contributed by atoms with Gasteiger partial charge in [0.05, 0.1) is 22.7 Å². The van der Waals surface area contributed by atoms with Gasteiger partial charge in [0.2, 0.25) is 0 Å². The molecule has 0 radical (unpaired) electrons. The molecule has 3 fully saturated rings. The van der Waals surface area contributed by atoms with Gasteiger partial charge in [0.25, 0.3) is 10.9 Å². The predicted molar refractivity (Wildman–Crippen MR) is 155 cm³/mol. The number of hydrogen-bond acceptors (Lipinski definition) is 6. The molecule has 3 aliphatic rings. The Labute approximate surface area is 248 Å². The molecule has 0 aliphatic carbocycles. The van der Waals surface area contributed by atoms with Crippen LogP contribution in [0.15, 0.2) is 77.0 Å². The normalized spacial score (nSPS) is 22.7. The summed E-state index contributed by atoms with van der Waals surface area (Å²) >= 11 is 0. The molecule has 4 unspecified atom stereocenters.